The van der Waals surface area contributed by atoms with E-state index in [4.69, 9.17) is 15.2 Å². The van der Waals surface area contributed by atoms with Gasteiger partial charge in [-0.15, -0.1) is 0 Å². The van der Waals surface area contributed by atoms with Gasteiger partial charge in [0, 0.05) is 11.1 Å². The molecule has 0 saturated heterocycles. The van der Waals surface area contributed by atoms with Crippen molar-refractivity contribution >= 4 is 11.8 Å². The van der Waals surface area contributed by atoms with E-state index < -0.39 is 5.91 Å². The maximum absolute atomic E-state index is 12.9. The minimum atomic E-state index is -0.560. The lowest BCUT2D eigenvalue weighted by atomic mass is 9.53. The van der Waals surface area contributed by atoms with Gasteiger partial charge in [0.25, 0.3) is 11.8 Å². The molecule has 4 aliphatic rings. The van der Waals surface area contributed by atoms with Gasteiger partial charge in [0.05, 0.1) is 7.11 Å². The molecule has 0 aromatic heterocycles. The second-order valence-corrected chi connectivity index (χ2v) is 8.27. The number of nitrogens with one attached hydrogen (secondary N) is 1. The Balaban J connectivity index is 1.49. The Morgan fingerprint density at radius 2 is 1.73 bits per heavy atom. The average molecular weight is 358 g/mol. The van der Waals surface area contributed by atoms with Gasteiger partial charge in [-0.05, 0) is 74.5 Å². The second kappa shape index (κ2) is 6.49. The summed E-state index contributed by atoms with van der Waals surface area (Å²) in [5.41, 5.74) is 5.62. The molecule has 3 N–H and O–H groups in total. The predicted molar refractivity (Wildman–Crippen MR) is 96.1 cm³/mol. The van der Waals surface area contributed by atoms with Crippen molar-refractivity contribution in [1.82, 2.24) is 5.32 Å². The minimum absolute atomic E-state index is 0.0276. The fraction of sp³-hybridized carbons (Fsp3) is 0.600. The number of rotatable bonds is 6. The highest BCUT2D eigenvalue weighted by atomic mass is 16.5. The highest BCUT2D eigenvalue weighted by molar-refractivity contribution is 5.95. The van der Waals surface area contributed by atoms with E-state index in [0.29, 0.717) is 17.1 Å². The molecule has 0 heterocycles. The number of benzene rings is 1. The Bertz CT molecular complexity index is 695. The van der Waals surface area contributed by atoms with Gasteiger partial charge in [0.15, 0.2) is 18.1 Å². The summed E-state index contributed by atoms with van der Waals surface area (Å²) in [4.78, 5) is 23.8. The van der Waals surface area contributed by atoms with Crippen molar-refractivity contribution in [2.75, 3.05) is 13.7 Å². The van der Waals surface area contributed by atoms with Crippen molar-refractivity contribution in [2.45, 2.75) is 44.1 Å². The van der Waals surface area contributed by atoms with Crippen LogP contribution in [0.3, 0.4) is 0 Å². The van der Waals surface area contributed by atoms with E-state index in [0.717, 1.165) is 37.0 Å². The zero-order valence-corrected chi connectivity index (χ0v) is 15.1. The molecule has 4 saturated carbocycles. The molecular formula is C20H26N2O4. The average Bonchev–Trinajstić information content (AvgIpc) is 2.58. The van der Waals surface area contributed by atoms with Gasteiger partial charge < -0.3 is 20.5 Å². The number of hydrogen-bond donors (Lipinski definition) is 2. The van der Waals surface area contributed by atoms with Crippen LogP contribution in [-0.4, -0.2) is 31.1 Å². The molecule has 4 aliphatic carbocycles. The number of carbonyl (C=O) groups is 2. The Morgan fingerprint density at radius 3 is 2.27 bits per heavy atom. The molecule has 6 heteroatoms. The van der Waals surface area contributed by atoms with E-state index >= 15 is 0 Å². The Hall–Kier alpha value is -2.24. The van der Waals surface area contributed by atoms with E-state index in [1.165, 1.54) is 26.4 Å². The maximum atomic E-state index is 12.9. The van der Waals surface area contributed by atoms with Crippen LogP contribution in [0.1, 0.15) is 48.9 Å². The summed E-state index contributed by atoms with van der Waals surface area (Å²) >= 11 is 0. The van der Waals surface area contributed by atoms with Gasteiger partial charge in [0.1, 0.15) is 0 Å². The van der Waals surface area contributed by atoms with Crippen LogP contribution in [0.4, 0.5) is 0 Å². The van der Waals surface area contributed by atoms with Gasteiger partial charge in [-0.25, -0.2) is 0 Å². The zero-order chi connectivity index (χ0) is 18.3. The van der Waals surface area contributed by atoms with Crippen molar-refractivity contribution in [2.24, 2.45) is 23.5 Å². The number of amides is 2. The van der Waals surface area contributed by atoms with Gasteiger partial charge >= 0.3 is 0 Å². The molecule has 0 spiro atoms. The number of methoxy groups -OCH3 is 1. The summed E-state index contributed by atoms with van der Waals surface area (Å²) in [6, 6.07) is 5.01. The first-order valence-electron chi connectivity index (χ1n) is 9.38. The molecule has 6 nitrogen and oxygen atoms in total. The van der Waals surface area contributed by atoms with E-state index in [1.54, 1.807) is 18.2 Å². The highest BCUT2D eigenvalue weighted by Crippen LogP contribution is 2.55. The number of ether oxygens (including phenoxy) is 2. The molecule has 140 valence electrons. The van der Waals surface area contributed by atoms with Gasteiger partial charge in [-0.1, -0.05) is 0 Å². The van der Waals surface area contributed by atoms with Crippen molar-refractivity contribution in [3.05, 3.63) is 23.8 Å². The van der Waals surface area contributed by atoms with Crippen LogP contribution in [0.5, 0.6) is 11.5 Å². The third kappa shape index (κ3) is 3.24. The van der Waals surface area contributed by atoms with Crippen LogP contribution < -0.4 is 20.5 Å². The van der Waals surface area contributed by atoms with Gasteiger partial charge in [-0.3, -0.25) is 9.59 Å². The standard InChI is InChI=1S/C20H26N2O4/c1-25-17-7-15(2-3-16(17)26-11-18(21)23)19(24)22-20-8-12-4-13(9-20)6-14(5-12)10-20/h2-3,7,12-14H,4-6,8-11H2,1H3,(H2,21,23)(H,22,24). The fourth-order valence-corrected chi connectivity index (χ4v) is 5.65. The summed E-state index contributed by atoms with van der Waals surface area (Å²) in [6.07, 6.45) is 7.36. The van der Waals surface area contributed by atoms with Crippen molar-refractivity contribution in [3.63, 3.8) is 0 Å². The first-order chi connectivity index (χ1) is 12.5. The fourth-order valence-electron chi connectivity index (χ4n) is 5.65. The van der Waals surface area contributed by atoms with Crippen molar-refractivity contribution < 1.29 is 19.1 Å². The van der Waals surface area contributed by atoms with Crippen LogP contribution in [0, 0.1) is 17.8 Å². The molecule has 5 rings (SSSR count). The predicted octanol–water partition coefficient (Wildman–Crippen LogP) is 2.26. The van der Waals surface area contributed by atoms with Crippen LogP contribution in [-0.2, 0) is 4.79 Å². The highest BCUT2D eigenvalue weighted by Gasteiger charge is 2.51. The lowest BCUT2D eigenvalue weighted by Gasteiger charge is -2.56. The topological polar surface area (TPSA) is 90.7 Å². The number of carbonyl (C=O) groups excluding carboxylic acids is 2. The SMILES string of the molecule is COc1cc(C(=O)NC23CC4CC(CC(C4)C2)C3)ccc1OCC(N)=O. The molecule has 4 bridgehead atoms. The molecular weight excluding hydrogens is 332 g/mol. The summed E-state index contributed by atoms with van der Waals surface area (Å²) in [5, 5.41) is 3.35. The minimum Gasteiger partial charge on any atom is -0.493 e. The molecule has 2 amide bonds. The zero-order valence-electron chi connectivity index (χ0n) is 15.1. The molecule has 4 fully saturated rings. The third-order valence-corrected chi connectivity index (χ3v) is 6.21. The normalized spacial score (nSPS) is 31.5. The first-order valence-corrected chi connectivity index (χ1v) is 9.38. The second-order valence-electron chi connectivity index (χ2n) is 8.27. The summed E-state index contributed by atoms with van der Waals surface area (Å²) < 4.78 is 10.6. The Morgan fingerprint density at radius 1 is 1.12 bits per heavy atom. The number of primary amides is 1. The van der Waals surface area contributed by atoms with E-state index in [-0.39, 0.29) is 18.1 Å². The monoisotopic (exact) mass is 358 g/mol. The first kappa shape index (κ1) is 17.2. The molecule has 0 aliphatic heterocycles. The molecule has 0 radical (unpaired) electrons. The molecule has 0 atom stereocenters. The third-order valence-electron chi connectivity index (χ3n) is 6.21. The van der Waals surface area contributed by atoms with Crippen LogP contribution >= 0.6 is 0 Å². The van der Waals surface area contributed by atoms with Crippen molar-refractivity contribution in [3.8, 4) is 11.5 Å². The molecule has 0 unspecified atom stereocenters. The lowest BCUT2D eigenvalue weighted by molar-refractivity contribution is -0.119. The Kier molecular flexibility index (Phi) is 4.29. The maximum Gasteiger partial charge on any atom is 0.255 e. The smallest absolute Gasteiger partial charge is 0.255 e. The van der Waals surface area contributed by atoms with Crippen LogP contribution in [0.15, 0.2) is 18.2 Å². The molecule has 26 heavy (non-hydrogen) atoms. The van der Waals surface area contributed by atoms with Crippen LogP contribution in [0.25, 0.3) is 0 Å². The number of nitrogens with two attached hydrogens (primary N) is 1. The summed E-state index contributed by atoms with van der Waals surface area (Å²) in [7, 11) is 1.51. The number of hydrogen-bond acceptors (Lipinski definition) is 4. The quantitative estimate of drug-likeness (QED) is 0.816. The van der Waals surface area contributed by atoms with E-state index in [2.05, 4.69) is 5.32 Å². The summed E-state index contributed by atoms with van der Waals surface area (Å²) in [6.45, 7) is -0.227. The Labute approximate surface area is 153 Å². The molecule has 1 aromatic carbocycles. The van der Waals surface area contributed by atoms with Gasteiger partial charge in [-0.2, -0.15) is 0 Å². The lowest BCUT2D eigenvalue weighted by Crippen LogP contribution is -2.59. The van der Waals surface area contributed by atoms with Crippen LogP contribution in [0.2, 0.25) is 0 Å². The van der Waals surface area contributed by atoms with Crippen molar-refractivity contribution in [1.29, 1.82) is 0 Å². The van der Waals surface area contributed by atoms with Gasteiger partial charge in [0.2, 0.25) is 0 Å². The van der Waals surface area contributed by atoms with E-state index in [1.807, 2.05) is 0 Å². The van der Waals surface area contributed by atoms with E-state index in [9.17, 15) is 9.59 Å². The summed E-state index contributed by atoms with van der Waals surface area (Å²) in [5.74, 6) is 2.53. The molecule has 1 aromatic rings. The largest absolute Gasteiger partial charge is 0.493 e.